The van der Waals surface area contributed by atoms with Gasteiger partial charge in [0.1, 0.15) is 10.7 Å². The molecule has 112 valence electrons. The summed E-state index contributed by atoms with van der Waals surface area (Å²) in [5.41, 5.74) is 0.413. The lowest BCUT2D eigenvalue weighted by Gasteiger charge is -2.09. The van der Waals surface area contributed by atoms with E-state index in [0.717, 1.165) is 6.07 Å². The van der Waals surface area contributed by atoms with Gasteiger partial charge in [0.2, 0.25) is 9.84 Å². The van der Waals surface area contributed by atoms with Crippen LogP contribution >= 0.6 is 23.2 Å². The van der Waals surface area contributed by atoms with Crippen LogP contribution in [0.2, 0.25) is 10.0 Å². The van der Waals surface area contributed by atoms with Crippen molar-refractivity contribution in [2.24, 2.45) is 0 Å². The first-order valence-corrected chi connectivity index (χ1v) is 8.38. The Morgan fingerprint density at radius 1 is 1.05 bits per heavy atom. The van der Waals surface area contributed by atoms with Crippen molar-refractivity contribution in [3.05, 3.63) is 64.5 Å². The summed E-state index contributed by atoms with van der Waals surface area (Å²) in [7, 11) is -3.90. The molecule has 3 aromatic rings. The first-order chi connectivity index (χ1) is 10.4. The summed E-state index contributed by atoms with van der Waals surface area (Å²) in [4.78, 5) is 3.85. The van der Waals surface area contributed by atoms with E-state index in [-0.39, 0.29) is 25.2 Å². The summed E-state index contributed by atoms with van der Waals surface area (Å²) in [5.74, 6) is -0.520. The Balaban J connectivity index is 2.28. The van der Waals surface area contributed by atoms with E-state index in [9.17, 15) is 12.8 Å². The van der Waals surface area contributed by atoms with E-state index in [2.05, 4.69) is 4.98 Å². The maximum absolute atomic E-state index is 13.4. The zero-order valence-electron chi connectivity index (χ0n) is 10.9. The van der Waals surface area contributed by atoms with Gasteiger partial charge >= 0.3 is 0 Å². The van der Waals surface area contributed by atoms with Crippen molar-refractivity contribution < 1.29 is 12.8 Å². The second kappa shape index (κ2) is 5.50. The lowest BCUT2D eigenvalue weighted by molar-refractivity contribution is 0.596. The number of pyridine rings is 1. The Morgan fingerprint density at radius 2 is 1.82 bits per heavy atom. The highest BCUT2D eigenvalue weighted by Gasteiger charge is 2.23. The van der Waals surface area contributed by atoms with E-state index in [4.69, 9.17) is 23.2 Å². The van der Waals surface area contributed by atoms with Crippen LogP contribution in [0.3, 0.4) is 0 Å². The third-order valence-corrected chi connectivity index (χ3v) is 5.65. The second-order valence-corrected chi connectivity index (χ2v) is 7.29. The van der Waals surface area contributed by atoms with Gasteiger partial charge in [-0.2, -0.15) is 0 Å². The number of fused-ring (bicyclic) bond motifs is 1. The quantitative estimate of drug-likeness (QED) is 0.679. The molecule has 2 aromatic carbocycles. The van der Waals surface area contributed by atoms with E-state index >= 15 is 0 Å². The molecular weight excluding hydrogens is 348 g/mol. The predicted molar refractivity (Wildman–Crippen MR) is 83.6 cm³/mol. The number of hydrogen-bond donors (Lipinski definition) is 0. The molecule has 0 aliphatic heterocycles. The van der Waals surface area contributed by atoms with Crippen LogP contribution < -0.4 is 0 Å². The summed E-state index contributed by atoms with van der Waals surface area (Å²) >= 11 is 12.0. The van der Waals surface area contributed by atoms with Gasteiger partial charge in [-0.05, 0) is 36.4 Å². The van der Waals surface area contributed by atoms with Crippen molar-refractivity contribution in [2.75, 3.05) is 0 Å². The Kier molecular flexibility index (Phi) is 3.80. The van der Waals surface area contributed by atoms with Gasteiger partial charge in [0.05, 0.1) is 15.4 Å². The van der Waals surface area contributed by atoms with E-state index in [1.165, 1.54) is 36.5 Å². The fourth-order valence-electron chi connectivity index (χ4n) is 2.06. The maximum atomic E-state index is 13.4. The van der Waals surface area contributed by atoms with Gasteiger partial charge in [-0.1, -0.05) is 29.3 Å². The molecule has 3 rings (SSSR count). The van der Waals surface area contributed by atoms with Crippen LogP contribution in [0.5, 0.6) is 0 Å². The fourth-order valence-corrected chi connectivity index (χ4v) is 4.15. The zero-order valence-corrected chi connectivity index (χ0v) is 13.3. The van der Waals surface area contributed by atoms with Gasteiger partial charge in [0, 0.05) is 16.6 Å². The Hall–Kier alpha value is -1.69. The van der Waals surface area contributed by atoms with Crippen LogP contribution in [-0.4, -0.2) is 13.4 Å². The molecule has 22 heavy (non-hydrogen) atoms. The summed E-state index contributed by atoms with van der Waals surface area (Å²) in [6, 6.07) is 9.65. The first kappa shape index (κ1) is 15.2. The number of halogens is 3. The lowest BCUT2D eigenvalue weighted by Crippen LogP contribution is -2.04. The minimum Gasteiger partial charge on any atom is -0.255 e. The molecule has 1 heterocycles. The summed E-state index contributed by atoms with van der Waals surface area (Å²) in [5, 5.41) is 0.464. The summed E-state index contributed by atoms with van der Waals surface area (Å²) in [6.45, 7) is 0. The number of nitrogens with zero attached hydrogens (tertiary/aromatic N) is 1. The monoisotopic (exact) mass is 355 g/mol. The van der Waals surface area contributed by atoms with E-state index in [0.29, 0.717) is 5.52 Å². The smallest absolute Gasteiger partial charge is 0.209 e. The largest absolute Gasteiger partial charge is 0.255 e. The Bertz CT molecular complexity index is 990. The fraction of sp³-hybridized carbons (Fsp3) is 0. The molecule has 0 atom stereocenters. The predicted octanol–water partition coefficient (Wildman–Crippen LogP) is 4.51. The Labute approximate surface area is 136 Å². The van der Waals surface area contributed by atoms with E-state index in [1.54, 1.807) is 6.07 Å². The van der Waals surface area contributed by atoms with E-state index < -0.39 is 15.7 Å². The molecule has 0 bridgehead atoms. The van der Waals surface area contributed by atoms with Gasteiger partial charge in [-0.15, -0.1) is 0 Å². The highest BCUT2D eigenvalue weighted by molar-refractivity contribution is 7.91. The van der Waals surface area contributed by atoms with Gasteiger partial charge in [0.25, 0.3) is 0 Å². The molecule has 0 radical (unpaired) electrons. The average Bonchev–Trinajstić information content (AvgIpc) is 2.48. The third kappa shape index (κ3) is 2.56. The lowest BCUT2D eigenvalue weighted by atomic mass is 10.2. The molecule has 0 saturated carbocycles. The minimum absolute atomic E-state index is 0.000506. The minimum atomic E-state index is -3.90. The van der Waals surface area contributed by atoms with Crippen LogP contribution in [0.1, 0.15) is 0 Å². The van der Waals surface area contributed by atoms with Crippen molar-refractivity contribution in [3.8, 4) is 0 Å². The van der Waals surface area contributed by atoms with Gasteiger partial charge < -0.3 is 0 Å². The molecule has 0 N–H and O–H groups in total. The highest BCUT2D eigenvalue weighted by atomic mass is 35.5. The van der Waals surface area contributed by atoms with Crippen LogP contribution in [0.15, 0.2) is 58.5 Å². The molecule has 1 aromatic heterocycles. The van der Waals surface area contributed by atoms with Gasteiger partial charge in [-0.25, -0.2) is 12.8 Å². The van der Waals surface area contributed by atoms with Gasteiger partial charge in [0.15, 0.2) is 0 Å². The van der Waals surface area contributed by atoms with Crippen LogP contribution in [0.4, 0.5) is 4.39 Å². The number of aromatic nitrogens is 1. The number of rotatable bonds is 2. The SMILES string of the molecule is O=S(=O)(c1cccc(Cl)c1)c1cnc2ccc(F)cc2c1Cl. The molecule has 0 aliphatic carbocycles. The number of sulfone groups is 1. The van der Waals surface area contributed by atoms with Crippen molar-refractivity contribution >= 4 is 43.9 Å². The number of hydrogen-bond acceptors (Lipinski definition) is 3. The standard InChI is InChI=1S/C15H8Cl2FNO2S/c16-9-2-1-3-11(6-9)22(20,21)14-8-19-13-5-4-10(18)7-12(13)15(14)17/h1-8H. The summed E-state index contributed by atoms with van der Waals surface area (Å²) < 4.78 is 38.7. The normalized spacial score (nSPS) is 11.8. The molecule has 0 unspecified atom stereocenters. The van der Waals surface area contributed by atoms with Crippen molar-refractivity contribution in [3.63, 3.8) is 0 Å². The van der Waals surface area contributed by atoms with Crippen LogP contribution in [-0.2, 0) is 9.84 Å². The molecule has 7 heteroatoms. The zero-order chi connectivity index (χ0) is 15.9. The second-order valence-electron chi connectivity index (χ2n) is 4.56. The molecule has 0 fully saturated rings. The molecule has 0 saturated heterocycles. The first-order valence-electron chi connectivity index (χ1n) is 6.14. The average molecular weight is 356 g/mol. The molecular formula is C15H8Cl2FNO2S. The molecule has 0 amide bonds. The van der Waals surface area contributed by atoms with Crippen molar-refractivity contribution in [1.82, 2.24) is 4.98 Å². The van der Waals surface area contributed by atoms with Gasteiger partial charge in [-0.3, -0.25) is 4.98 Å². The highest BCUT2D eigenvalue weighted by Crippen LogP contribution is 2.33. The molecule has 0 aliphatic rings. The third-order valence-electron chi connectivity index (χ3n) is 3.13. The molecule has 0 spiro atoms. The Morgan fingerprint density at radius 3 is 2.55 bits per heavy atom. The van der Waals surface area contributed by atoms with Crippen LogP contribution in [0, 0.1) is 5.82 Å². The van der Waals surface area contributed by atoms with E-state index in [1.807, 2.05) is 0 Å². The topological polar surface area (TPSA) is 47.0 Å². The van der Waals surface area contributed by atoms with Crippen molar-refractivity contribution in [1.29, 1.82) is 0 Å². The summed E-state index contributed by atoms with van der Waals surface area (Å²) in [6.07, 6.45) is 1.17. The molecule has 3 nitrogen and oxygen atoms in total. The van der Waals surface area contributed by atoms with Crippen LogP contribution in [0.25, 0.3) is 10.9 Å². The maximum Gasteiger partial charge on any atom is 0.209 e. The van der Waals surface area contributed by atoms with Crippen molar-refractivity contribution in [2.45, 2.75) is 9.79 Å². The number of benzene rings is 2.